The fraction of sp³-hybridized carbons (Fsp3) is 0.769. The summed E-state index contributed by atoms with van der Waals surface area (Å²) in [5, 5.41) is 11.6. The molecular weight excluding hydrogens is 264 g/mol. The van der Waals surface area contributed by atoms with Gasteiger partial charge in [0.15, 0.2) is 0 Å². The smallest absolute Gasteiger partial charge is 0.307 e. The quantitative estimate of drug-likeness (QED) is 0.713. The zero-order valence-electron chi connectivity index (χ0n) is 11.7. The molecule has 0 aromatic carbocycles. The zero-order chi connectivity index (χ0) is 14.9. The number of ether oxygens (including phenoxy) is 1. The van der Waals surface area contributed by atoms with E-state index < -0.39 is 23.2 Å². The van der Waals surface area contributed by atoms with Gasteiger partial charge < -0.3 is 20.1 Å². The molecule has 0 spiro atoms. The average Bonchev–Trinajstić information content (AvgIpc) is 3.00. The van der Waals surface area contributed by atoms with Crippen LogP contribution < -0.4 is 5.32 Å². The number of carboxylic acids is 1. The van der Waals surface area contributed by atoms with Crippen LogP contribution in [0.1, 0.15) is 13.8 Å². The number of hydrogen-bond donors (Lipinski definition) is 2. The molecule has 1 heterocycles. The maximum atomic E-state index is 12.0. The maximum absolute atomic E-state index is 12.0. The summed E-state index contributed by atoms with van der Waals surface area (Å²) in [6, 6.07) is 0. The number of morpholine rings is 1. The number of nitrogens with one attached hydrogen (secondary N) is 1. The molecule has 20 heavy (non-hydrogen) atoms. The molecule has 2 aliphatic rings. The van der Waals surface area contributed by atoms with Crippen LogP contribution in [0.3, 0.4) is 0 Å². The van der Waals surface area contributed by atoms with E-state index in [1.807, 2.05) is 0 Å². The van der Waals surface area contributed by atoms with Crippen LogP contribution in [0, 0.1) is 17.3 Å². The first-order valence-corrected chi connectivity index (χ1v) is 6.71. The van der Waals surface area contributed by atoms with Gasteiger partial charge in [-0.05, 0) is 5.41 Å². The first kappa shape index (κ1) is 14.8. The van der Waals surface area contributed by atoms with Crippen LogP contribution in [0.4, 0.5) is 0 Å². The minimum Gasteiger partial charge on any atom is -0.481 e. The monoisotopic (exact) mass is 284 g/mol. The Balaban J connectivity index is 1.81. The Morgan fingerprint density at radius 3 is 2.35 bits per heavy atom. The van der Waals surface area contributed by atoms with Crippen LogP contribution in [0.15, 0.2) is 0 Å². The van der Waals surface area contributed by atoms with Crippen LogP contribution in [0.2, 0.25) is 0 Å². The van der Waals surface area contributed by atoms with Crippen molar-refractivity contribution in [2.75, 3.05) is 32.8 Å². The molecule has 2 amide bonds. The van der Waals surface area contributed by atoms with Gasteiger partial charge in [0, 0.05) is 13.1 Å². The highest BCUT2D eigenvalue weighted by Gasteiger charge is 2.65. The van der Waals surface area contributed by atoms with Crippen LogP contribution in [-0.4, -0.2) is 60.6 Å². The summed E-state index contributed by atoms with van der Waals surface area (Å²) < 4.78 is 5.14. The van der Waals surface area contributed by atoms with Crippen molar-refractivity contribution in [3.63, 3.8) is 0 Å². The third kappa shape index (κ3) is 2.77. The molecule has 2 fully saturated rings. The predicted molar refractivity (Wildman–Crippen MR) is 68.8 cm³/mol. The summed E-state index contributed by atoms with van der Waals surface area (Å²) in [4.78, 5) is 36.5. The lowest BCUT2D eigenvalue weighted by atomic mass is 10.1. The Morgan fingerprint density at radius 2 is 1.85 bits per heavy atom. The fourth-order valence-corrected chi connectivity index (χ4v) is 2.79. The Labute approximate surface area is 117 Å². The molecule has 7 heteroatoms. The normalized spacial score (nSPS) is 27.8. The minimum atomic E-state index is -0.963. The highest BCUT2D eigenvalue weighted by Crippen LogP contribution is 2.58. The lowest BCUT2D eigenvalue weighted by molar-refractivity contribution is -0.140. The molecule has 2 atom stereocenters. The van der Waals surface area contributed by atoms with Gasteiger partial charge in [0.25, 0.3) is 0 Å². The fourth-order valence-electron chi connectivity index (χ4n) is 2.79. The van der Waals surface area contributed by atoms with Crippen molar-refractivity contribution in [1.82, 2.24) is 10.2 Å². The van der Waals surface area contributed by atoms with E-state index in [0.29, 0.717) is 26.3 Å². The summed E-state index contributed by atoms with van der Waals surface area (Å²) >= 11 is 0. The van der Waals surface area contributed by atoms with Gasteiger partial charge in [0.05, 0.1) is 31.6 Å². The van der Waals surface area contributed by atoms with E-state index in [0.717, 1.165) is 0 Å². The summed E-state index contributed by atoms with van der Waals surface area (Å²) in [6.45, 7) is 5.49. The highest BCUT2D eigenvalue weighted by atomic mass is 16.5. The third-order valence-electron chi connectivity index (χ3n) is 4.15. The molecule has 112 valence electrons. The highest BCUT2D eigenvalue weighted by molar-refractivity contribution is 5.93. The molecule has 0 aromatic rings. The molecule has 0 radical (unpaired) electrons. The van der Waals surface area contributed by atoms with Crippen LogP contribution in [-0.2, 0) is 19.1 Å². The number of nitrogens with zero attached hydrogens (tertiary/aromatic N) is 1. The molecule has 1 aliphatic heterocycles. The van der Waals surface area contributed by atoms with Crippen molar-refractivity contribution < 1.29 is 24.2 Å². The molecule has 2 rings (SSSR count). The van der Waals surface area contributed by atoms with Crippen LogP contribution >= 0.6 is 0 Å². The maximum Gasteiger partial charge on any atom is 0.307 e. The van der Waals surface area contributed by atoms with E-state index in [9.17, 15) is 14.4 Å². The SMILES string of the molecule is CC1(C)[C@H](C(=O)O)[C@@H]1C(=O)NCC(=O)N1CCOCC1. The molecular formula is C13H20N2O5. The van der Waals surface area contributed by atoms with Crippen molar-refractivity contribution >= 4 is 17.8 Å². The standard InChI is InChI=1S/C13H20N2O5/c1-13(2)9(10(13)12(18)19)11(17)14-7-8(16)15-3-5-20-6-4-15/h9-10H,3-7H2,1-2H3,(H,14,17)(H,18,19)/t9-,10+/m1/s1. The zero-order valence-corrected chi connectivity index (χ0v) is 11.7. The van der Waals surface area contributed by atoms with E-state index >= 15 is 0 Å². The number of amides is 2. The summed E-state index contributed by atoms with van der Waals surface area (Å²) in [6.07, 6.45) is 0. The number of aliphatic carboxylic acids is 1. The third-order valence-corrected chi connectivity index (χ3v) is 4.15. The van der Waals surface area contributed by atoms with Crippen molar-refractivity contribution in [2.45, 2.75) is 13.8 Å². The van der Waals surface area contributed by atoms with Gasteiger partial charge in [-0.2, -0.15) is 0 Å². The van der Waals surface area contributed by atoms with Gasteiger partial charge in [-0.1, -0.05) is 13.8 Å². The van der Waals surface area contributed by atoms with Crippen molar-refractivity contribution in [1.29, 1.82) is 0 Å². The Kier molecular flexibility index (Phi) is 3.99. The van der Waals surface area contributed by atoms with Crippen molar-refractivity contribution in [2.24, 2.45) is 17.3 Å². The van der Waals surface area contributed by atoms with Gasteiger partial charge in [0.1, 0.15) is 0 Å². The number of carboxylic acid groups (broad SMARTS) is 1. The van der Waals surface area contributed by atoms with Crippen molar-refractivity contribution in [3.05, 3.63) is 0 Å². The first-order valence-electron chi connectivity index (χ1n) is 6.71. The second-order valence-electron chi connectivity index (χ2n) is 5.83. The Hall–Kier alpha value is -1.63. The summed E-state index contributed by atoms with van der Waals surface area (Å²) in [5.41, 5.74) is -0.544. The van der Waals surface area contributed by atoms with Gasteiger partial charge in [-0.3, -0.25) is 14.4 Å². The van der Waals surface area contributed by atoms with Crippen molar-refractivity contribution in [3.8, 4) is 0 Å². The topological polar surface area (TPSA) is 95.9 Å². The minimum absolute atomic E-state index is 0.0856. The summed E-state index contributed by atoms with van der Waals surface area (Å²) in [5.74, 6) is -2.70. The second-order valence-corrected chi connectivity index (χ2v) is 5.83. The van der Waals surface area contributed by atoms with E-state index in [1.54, 1.807) is 18.7 Å². The van der Waals surface area contributed by atoms with Gasteiger partial charge in [-0.15, -0.1) is 0 Å². The Morgan fingerprint density at radius 1 is 1.25 bits per heavy atom. The molecule has 1 aliphatic carbocycles. The first-order chi connectivity index (χ1) is 9.35. The van der Waals surface area contributed by atoms with Gasteiger partial charge in [0.2, 0.25) is 11.8 Å². The molecule has 0 aromatic heterocycles. The number of hydrogen-bond acceptors (Lipinski definition) is 4. The molecule has 0 unspecified atom stereocenters. The molecule has 0 bridgehead atoms. The average molecular weight is 284 g/mol. The number of carbonyl (C=O) groups is 3. The Bertz CT molecular complexity index is 428. The van der Waals surface area contributed by atoms with Gasteiger partial charge in [-0.25, -0.2) is 0 Å². The van der Waals surface area contributed by atoms with E-state index in [2.05, 4.69) is 5.32 Å². The molecule has 1 saturated heterocycles. The predicted octanol–water partition coefficient (Wildman–Crippen LogP) is -0.682. The van der Waals surface area contributed by atoms with E-state index in [4.69, 9.17) is 9.84 Å². The largest absolute Gasteiger partial charge is 0.481 e. The molecule has 1 saturated carbocycles. The second kappa shape index (κ2) is 5.40. The van der Waals surface area contributed by atoms with Gasteiger partial charge >= 0.3 is 5.97 Å². The lowest BCUT2D eigenvalue weighted by Gasteiger charge is -2.26. The molecule has 7 nitrogen and oxygen atoms in total. The summed E-state index contributed by atoms with van der Waals surface area (Å²) in [7, 11) is 0. The lowest BCUT2D eigenvalue weighted by Crippen LogP contribution is -2.46. The van der Waals surface area contributed by atoms with Crippen LogP contribution in [0.5, 0.6) is 0 Å². The van der Waals surface area contributed by atoms with Crippen LogP contribution in [0.25, 0.3) is 0 Å². The van der Waals surface area contributed by atoms with E-state index in [1.165, 1.54) is 0 Å². The number of rotatable bonds is 4. The molecule has 2 N–H and O–H groups in total. The number of carbonyl (C=O) groups excluding carboxylic acids is 2. The van der Waals surface area contributed by atoms with E-state index in [-0.39, 0.29) is 18.4 Å².